The van der Waals surface area contributed by atoms with E-state index in [0.717, 1.165) is 33.4 Å². The molecule has 1 atom stereocenters. The Balaban J connectivity index is 1.36. The first-order valence-electron chi connectivity index (χ1n) is 10.4. The van der Waals surface area contributed by atoms with Gasteiger partial charge in [0.05, 0.1) is 5.92 Å². The molecule has 2 N–H and O–H groups in total. The number of aliphatic carboxylic acids is 1. The number of carboxylic acids is 1. The number of carbonyl (C=O) groups is 2. The van der Waals surface area contributed by atoms with Gasteiger partial charge in [-0.3, -0.25) is 4.79 Å². The third-order valence-electron chi connectivity index (χ3n) is 5.79. The number of fused-ring (bicyclic) bond motifs is 3. The van der Waals surface area contributed by atoms with Crippen LogP contribution in [0.2, 0.25) is 0 Å². The quantitative estimate of drug-likeness (QED) is 0.582. The first kappa shape index (κ1) is 20.7. The Labute approximate surface area is 181 Å². The van der Waals surface area contributed by atoms with E-state index >= 15 is 0 Å². The highest BCUT2D eigenvalue weighted by Gasteiger charge is 2.29. The molecule has 0 saturated carbocycles. The number of carbonyl (C=O) groups excluding carboxylic acids is 1. The molecule has 3 aromatic carbocycles. The summed E-state index contributed by atoms with van der Waals surface area (Å²) in [5, 5.41) is 12.2. The molecule has 0 bridgehead atoms. The van der Waals surface area contributed by atoms with Gasteiger partial charge in [0.1, 0.15) is 6.61 Å². The van der Waals surface area contributed by atoms with Crippen molar-refractivity contribution >= 4 is 12.1 Å². The van der Waals surface area contributed by atoms with E-state index in [0.29, 0.717) is 6.42 Å². The van der Waals surface area contributed by atoms with Crippen LogP contribution >= 0.6 is 0 Å². The van der Waals surface area contributed by atoms with E-state index in [-0.39, 0.29) is 19.1 Å². The van der Waals surface area contributed by atoms with Crippen LogP contribution in [0, 0.1) is 12.8 Å². The van der Waals surface area contributed by atoms with Crippen LogP contribution in [0.3, 0.4) is 0 Å². The molecule has 1 unspecified atom stereocenters. The molecule has 1 amide bonds. The normalized spacial score (nSPS) is 13.2. The molecule has 0 saturated heterocycles. The summed E-state index contributed by atoms with van der Waals surface area (Å²) in [6.07, 6.45) is -0.253. The number of ether oxygens (including phenoxy) is 1. The van der Waals surface area contributed by atoms with Crippen molar-refractivity contribution in [3.63, 3.8) is 0 Å². The van der Waals surface area contributed by atoms with E-state index in [1.165, 1.54) is 0 Å². The van der Waals surface area contributed by atoms with Crippen LogP contribution in [0.25, 0.3) is 11.1 Å². The van der Waals surface area contributed by atoms with Gasteiger partial charge in [0.25, 0.3) is 0 Å². The van der Waals surface area contributed by atoms with Crippen LogP contribution in [-0.4, -0.2) is 30.3 Å². The maximum Gasteiger partial charge on any atom is 0.407 e. The average Bonchev–Trinajstić information content (AvgIpc) is 3.10. The van der Waals surface area contributed by atoms with E-state index in [1.807, 2.05) is 55.5 Å². The molecular formula is C26H25NO4. The lowest BCUT2D eigenvalue weighted by Crippen LogP contribution is -2.35. The number of aryl methyl sites for hydroxylation is 1. The first-order valence-corrected chi connectivity index (χ1v) is 10.4. The summed E-state index contributed by atoms with van der Waals surface area (Å²) in [6.45, 7) is 2.20. The molecule has 0 aliphatic heterocycles. The van der Waals surface area contributed by atoms with Crippen molar-refractivity contribution in [2.75, 3.05) is 13.2 Å². The lowest BCUT2D eigenvalue weighted by molar-refractivity contribution is -0.141. The van der Waals surface area contributed by atoms with E-state index in [4.69, 9.17) is 4.74 Å². The van der Waals surface area contributed by atoms with Gasteiger partial charge in [0.15, 0.2) is 0 Å². The van der Waals surface area contributed by atoms with Crippen molar-refractivity contribution < 1.29 is 19.4 Å². The summed E-state index contributed by atoms with van der Waals surface area (Å²) in [6, 6.07) is 24.0. The minimum Gasteiger partial charge on any atom is -0.481 e. The van der Waals surface area contributed by atoms with Gasteiger partial charge in [-0.2, -0.15) is 0 Å². The number of hydrogen-bond acceptors (Lipinski definition) is 3. The van der Waals surface area contributed by atoms with Crippen LogP contribution in [0.5, 0.6) is 0 Å². The second kappa shape index (κ2) is 9.04. The largest absolute Gasteiger partial charge is 0.481 e. The van der Waals surface area contributed by atoms with E-state index in [1.54, 1.807) is 0 Å². The van der Waals surface area contributed by atoms with Gasteiger partial charge in [-0.15, -0.1) is 0 Å². The number of hydrogen-bond donors (Lipinski definition) is 2. The minimum atomic E-state index is -0.945. The van der Waals surface area contributed by atoms with Crippen molar-refractivity contribution in [1.29, 1.82) is 0 Å². The highest BCUT2D eigenvalue weighted by molar-refractivity contribution is 5.79. The van der Waals surface area contributed by atoms with Crippen molar-refractivity contribution in [2.45, 2.75) is 19.3 Å². The smallest absolute Gasteiger partial charge is 0.407 e. The number of alkyl carbamates (subject to hydrolysis) is 1. The number of nitrogens with one attached hydrogen (secondary N) is 1. The van der Waals surface area contributed by atoms with Crippen molar-refractivity contribution in [3.8, 4) is 11.1 Å². The third kappa shape index (κ3) is 4.61. The predicted molar refractivity (Wildman–Crippen MR) is 119 cm³/mol. The molecule has 1 aliphatic carbocycles. The Hall–Kier alpha value is -3.60. The Kier molecular flexibility index (Phi) is 6.03. The van der Waals surface area contributed by atoms with E-state index in [2.05, 4.69) is 29.6 Å². The van der Waals surface area contributed by atoms with E-state index in [9.17, 15) is 14.7 Å². The predicted octanol–water partition coefficient (Wildman–Crippen LogP) is 4.78. The molecule has 5 heteroatoms. The number of benzene rings is 3. The summed E-state index contributed by atoms with van der Waals surface area (Å²) in [5.74, 6) is -1.69. The van der Waals surface area contributed by atoms with Gasteiger partial charge >= 0.3 is 12.1 Å². The highest BCUT2D eigenvalue weighted by Crippen LogP contribution is 2.44. The maximum atomic E-state index is 12.3. The zero-order chi connectivity index (χ0) is 21.8. The molecular weight excluding hydrogens is 390 g/mol. The average molecular weight is 415 g/mol. The lowest BCUT2D eigenvalue weighted by atomic mass is 9.98. The topological polar surface area (TPSA) is 75.6 Å². The second-order valence-electron chi connectivity index (χ2n) is 7.93. The fourth-order valence-electron chi connectivity index (χ4n) is 4.11. The first-order chi connectivity index (χ1) is 15.0. The van der Waals surface area contributed by atoms with E-state index < -0.39 is 18.0 Å². The molecule has 0 heterocycles. The fraction of sp³-hybridized carbons (Fsp3) is 0.231. The molecule has 158 valence electrons. The van der Waals surface area contributed by atoms with Crippen LogP contribution in [0.4, 0.5) is 4.79 Å². The Morgan fingerprint density at radius 3 is 2.10 bits per heavy atom. The molecule has 0 spiro atoms. The second-order valence-corrected chi connectivity index (χ2v) is 7.93. The monoisotopic (exact) mass is 415 g/mol. The lowest BCUT2D eigenvalue weighted by Gasteiger charge is -2.16. The zero-order valence-electron chi connectivity index (χ0n) is 17.4. The Morgan fingerprint density at radius 1 is 0.935 bits per heavy atom. The molecule has 1 aliphatic rings. The molecule has 3 aromatic rings. The number of amides is 1. The summed E-state index contributed by atoms with van der Waals surface area (Å²) < 4.78 is 5.49. The van der Waals surface area contributed by atoms with Gasteiger partial charge in [-0.05, 0) is 41.2 Å². The number of carboxylic acid groups (broad SMARTS) is 1. The van der Waals surface area contributed by atoms with Crippen LogP contribution < -0.4 is 5.32 Å². The summed E-state index contributed by atoms with van der Waals surface area (Å²) in [4.78, 5) is 24.0. The van der Waals surface area contributed by atoms with Crippen molar-refractivity contribution in [2.24, 2.45) is 5.92 Å². The molecule has 31 heavy (non-hydrogen) atoms. The van der Waals surface area contributed by atoms with Crippen LogP contribution in [-0.2, 0) is 16.0 Å². The summed E-state index contributed by atoms with van der Waals surface area (Å²) in [7, 11) is 0. The van der Waals surface area contributed by atoms with Gasteiger partial charge in [0, 0.05) is 12.5 Å². The standard InChI is InChI=1S/C26H25NO4/c1-17-10-12-18(13-11-17)14-19(25(28)29)15-27-26(30)31-16-24-22-8-4-2-6-20(22)21-7-3-5-9-23(21)24/h2-13,19,24H,14-16H2,1H3,(H,27,30)(H,28,29). The van der Waals surface area contributed by atoms with Gasteiger partial charge < -0.3 is 15.2 Å². The molecule has 5 nitrogen and oxygen atoms in total. The van der Waals surface area contributed by atoms with Gasteiger partial charge in [0.2, 0.25) is 0 Å². The molecule has 0 radical (unpaired) electrons. The summed E-state index contributed by atoms with van der Waals surface area (Å²) >= 11 is 0. The molecule has 0 aromatic heterocycles. The molecule has 4 rings (SSSR count). The fourth-order valence-corrected chi connectivity index (χ4v) is 4.11. The van der Waals surface area contributed by atoms with Crippen molar-refractivity contribution in [1.82, 2.24) is 5.32 Å². The minimum absolute atomic E-state index is 0.0138. The highest BCUT2D eigenvalue weighted by atomic mass is 16.5. The SMILES string of the molecule is Cc1ccc(CC(CNC(=O)OCC2c3ccccc3-c3ccccc32)C(=O)O)cc1. The van der Waals surface area contributed by atoms with Crippen LogP contribution in [0.1, 0.15) is 28.2 Å². The van der Waals surface area contributed by atoms with Crippen molar-refractivity contribution in [3.05, 3.63) is 95.1 Å². The molecule has 0 fully saturated rings. The van der Waals surface area contributed by atoms with Gasteiger partial charge in [-0.25, -0.2) is 4.79 Å². The third-order valence-corrected chi connectivity index (χ3v) is 5.79. The Morgan fingerprint density at radius 2 is 1.52 bits per heavy atom. The maximum absolute atomic E-state index is 12.3. The number of rotatable bonds is 7. The van der Waals surface area contributed by atoms with Crippen LogP contribution in [0.15, 0.2) is 72.8 Å². The Bertz CT molecular complexity index is 1050. The zero-order valence-corrected chi connectivity index (χ0v) is 17.4. The summed E-state index contributed by atoms with van der Waals surface area (Å²) in [5.41, 5.74) is 6.64. The van der Waals surface area contributed by atoms with Gasteiger partial charge in [-0.1, -0.05) is 78.4 Å².